The van der Waals surface area contributed by atoms with Crippen LogP contribution in [0.15, 0.2) is 18.2 Å². The first-order valence-electron chi connectivity index (χ1n) is 7.91. The third-order valence-electron chi connectivity index (χ3n) is 4.92. The lowest BCUT2D eigenvalue weighted by atomic mass is 9.84. The summed E-state index contributed by atoms with van der Waals surface area (Å²) in [6, 6.07) is 6.40. The number of carbonyl (C=O) groups excluding carboxylic acids is 1. The highest BCUT2D eigenvalue weighted by Gasteiger charge is 2.27. The lowest BCUT2D eigenvalue weighted by Crippen LogP contribution is -2.44. The Hall–Kier alpha value is -1.06. The van der Waals surface area contributed by atoms with Crippen LogP contribution in [0.4, 0.5) is 0 Å². The smallest absolute Gasteiger partial charge is 0.251 e. The van der Waals surface area contributed by atoms with Crippen molar-refractivity contribution in [2.45, 2.75) is 51.0 Å². The van der Waals surface area contributed by atoms with Gasteiger partial charge >= 0.3 is 0 Å². The molecule has 0 aromatic heterocycles. The van der Waals surface area contributed by atoms with Gasteiger partial charge in [0.2, 0.25) is 0 Å². The van der Waals surface area contributed by atoms with Gasteiger partial charge in [-0.05, 0) is 61.8 Å². The predicted octanol–water partition coefficient (Wildman–Crippen LogP) is 2.84. The normalized spacial score (nSPS) is 24.0. The number of carbonyl (C=O) groups is 1. The topological polar surface area (TPSA) is 55.1 Å². The number of hydrogen-bond acceptors (Lipinski definition) is 2. The van der Waals surface area contributed by atoms with Crippen molar-refractivity contribution in [3.8, 4) is 0 Å². The zero-order chi connectivity index (χ0) is 13.9. The molecule has 2 unspecified atom stereocenters. The predicted molar refractivity (Wildman–Crippen MR) is 88.0 cm³/mol. The van der Waals surface area contributed by atoms with Crippen LogP contribution in [0.1, 0.15) is 53.6 Å². The zero-order valence-electron chi connectivity index (χ0n) is 12.4. The van der Waals surface area contributed by atoms with Crippen molar-refractivity contribution < 1.29 is 4.79 Å². The molecule has 0 bridgehead atoms. The van der Waals surface area contributed by atoms with E-state index in [-0.39, 0.29) is 24.4 Å². The number of aryl methyl sites for hydroxylation is 1. The molecule has 2 aliphatic rings. The number of amides is 1. The average molecular weight is 309 g/mol. The van der Waals surface area contributed by atoms with Gasteiger partial charge in [0.25, 0.3) is 5.91 Å². The molecule has 1 saturated carbocycles. The minimum absolute atomic E-state index is 0. The number of nitrogens with one attached hydrogen (secondary N) is 1. The fourth-order valence-corrected chi connectivity index (χ4v) is 3.76. The summed E-state index contributed by atoms with van der Waals surface area (Å²) in [7, 11) is 0. The van der Waals surface area contributed by atoms with Crippen molar-refractivity contribution in [2.75, 3.05) is 6.54 Å². The lowest BCUT2D eigenvalue weighted by Gasteiger charge is -2.31. The first kappa shape index (κ1) is 16.3. The Morgan fingerprint density at radius 1 is 1.19 bits per heavy atom. The minimum Gasteiger partial charge on any atom is -0.349 e. The second-order valence-electron chi connectivity index (χ2n) is 6.16. The Morgan fingerprint density at radius 3 is 2.81 bits per heavy atom. The second-order valence-corrected chi connectivity index (χ2v) is 6.16. The van der Waals surface area contributed by atoms with Gasteiger partial charge in [-0.15, -0.1) is 12.4 Å². The summed E-state index contributed by atoms with van der Waals surface area (Å²) in [6.45, 7) is 0.678. The van der Waals surface area contributed by atoms with Gasteiger partial charge in [0.1, 0.15) is 0 Å². The fraction of sp³-hybridized carbons (Fsp3) is 0.588. The summed E-state index contributed by atoms with van der Waals surface area (Å²) in [5, 5.41) is 3.25. The van der Waals surface area contributed by atoms with E-state index in [0.29, 0.717) is 12.5 Å². The van der Waals surface area contributed by atoms with Gasteiger partial charge < -0.3 is 11.1 Å². The van der Waals surface area contributed by atoms with E-state index in [4.69, 9.17) is 5.73 Å². The standard InChI is InChI=1S/C17H24N2O.ClH/c18-11-13-5-1-2-10-16(13)19-17(20)15-9-4-7-12-6-3-8-14(12)15;/h4,7,9,13,16H,1-3,5-6,8,10-11,18H2,(H,19,20);1H. The third-order valence-corrected chi connectivity index (χ3v) is 4.92. The third kappa shape index (κ3) is 3.41. The van der Waals surface area contributed by atoms with Crippen LogP contribution in [0.2, 0.25) is 0 Å². The van der Waals surface area contributed by atoms with Crippen LogP contribution < -0.4 is 11.1 Å². The van der Waals surface area contributed by atoms with E-state index in [9.17, 15) is 4.79 Å². The Balaban J connectivity index is 0.00000161. The summed E-state index contributed by atoms with van der Waals surface area (Å²) in [4.78, 5) is 12.6. The summed E-state index contributed by atoms with van der Waals surface area (Å²) >= 11 is 0. The Kier molecular flexibility index (Phi) is 5.65. The Bertz CT molecular complexity index is 504. The van der Waals surface area contributed by atoms with Gasteiger partial charge in [0.05, 0.1) is 0 Å². The summed E-state index contributed by atoms with van der Waals surface area (Å²) in [5.41, 5.74) is 9.36. The van der Waals surface area contributed by atoms with Crippen LogP contribution in [0, 0.1) is 5.92 Å². The van der Waals surface area contributed by atoms with Crippen LogP contribution >= 0.6 is 12.4 Å². The molecule has 1 aromatic rings. The first-order chi connectivity index (χ1) is 9.79. The molecule has 21 heavy (non-hydrogen) atoms. The number of halogens is 1. The molecule has 1 aromatic carbocycles. The van der Waals surface area contributed by atoms with Gasteiger partial charge in [-0.3, -0.25) is 4.79 Å². The van der Waals surface area contributed by atoms with Crippen molar-refractivity contribution >= 4 is 18.3 Å². The van der Waals surface area contributed by atoms with Gasteiger partial charge in [0, 0.05) is 11.6 Å². The van der Waals surface area contributed by atoms with E-state index in [0.717, 1.165) is 31.2 Å². The highest BCUT2D eigenvalue weighted by molar-refractivity contribution is 5.96. The van der Waals surface area contributed by atoms with Gasteiger partial charge in [0.15, 0.2) is 0 Å². The minimum atomic E-state index is 0. The van der Waals surface area contributed by atoms with Crippen molar-refractivity contribution in [3.63, 3.8) is 0 Å². The summed E-state index contributed by atoms with van der Waals surface area (Å²) < 4.78 is 0. The van der Waals surface area contributed by atoms with Crippen LogP contribution in [0.5, 0.6) is 0 Å². The first-order valence-corrected chi connectivity index (χ1v) is 7.91. The molecule has 0 heterocycles. The maximum absolute atomic E-state index is 12.6. The Morgan fingerprint density at radius 2 is 2.00 bits per heavy atom. The van der Waals surface area contributed by atoms with Gasteiger partial charge in [-0.1, -0.05) is 25.0 Å². The van der Waals surface area contributed by atoms with Crippen molar-refractivity contribution in [1.29, 1.82) is 0 Å². The van der Waals surface area contributed by atoms with Crippen molar-refractivity contribution in [1.82, 2.24) is 5.32 Å². The summed E-state index contributed by atoms with van der Waals surface area (Å²) in [6.07, 6.45) is 8.00. The molecule has 0 radical (unpaired) electrons. The molecule has 4 heteroatoms. The average Bonchev–Trinajstić information content (AvgIpc) is 2.96. The highest BCUT2D eigenvalue weighted by atomic mass is 35.5. The van der Waals surface area contributed by atoms with E-state index >= 15 is 0 Å². The number of hydrogen-bond donors (Lipinski definition) is 2. The monoisotopic (exact) mass is 308 g/mol. The molecular formula is C17H25ClN2O. The van der Waals surface area contributed by atoms with Crippen molar-refractivity contribution in [3.05, 3.63) is 34.9 Å². The molecule has 3 rings (SSSR count). The zero-order valence-corrected chi connectivity index (χ0v) is 13.3. The van der Waals surface area contributed by atoms with E-state index in [1.807, 2.05) is 12.1 Å². The van der Waals surface area contributed by atoms with Crippen LogP contribution in [0.25, 0.3) is 0 Å². The summed E-state index contributed by atoms with van der Waals surface area (Å²) in [5.74, 6) is 0.554. The lowest BCUT2D eigenvalue weighted by molar-refractivity contribution is 0.0907. The molecule has 0 aliphatic heterocycles. The number of fused-ring (bicyclic) bond motifs is 1. The van der Waals surface area contributed by atoms with E-state index in [2.05, 4.69) is 11.4 Å². The van der Waals surface area contributed by atoms with E-state index in [1.54, 1.807) is 0 Å². The largest absolute Gasteiger partial charge is 0.349 e. The maximum Gasteiger partial charge on any atom is 0.251 e. The molecule has 1 fully saturated rings. The van der Waals surface area contributed by atoms with E-state index in [1.165, 1.54) is 30.4 Å². The fourth-order valence-electron chi connectivity index (χ4n) is 3.76. The Labute approximate surface area is 133 Å². The van der Waals surface area contributed by atoms with Crippen molar-refractivity contribution in [2.24, 2.45) is 11.7 Å². The SMILES string of the molecule is Cl.NCC1CCCCC1NC(=O)c1cccc2c1CCC2. The van der Waals surface area contributed by atoms with Crippen LogP contribution in [-0.2, 0) is 12.8 Å². The molecular weight excluding hydrogens is 284 g/mol. The number of benzene rings is 1. The molecule has 0 spiro atoms. The molecule has 3 nitrogen and oxygen atoms in total. The highest BCUT2D eigenvalue weighted by Crippen LogP contribution is 2.27. The maximum atomic E-state index is 12.6. The second kappa shape index (κ2) is 7.28. The number of nitrogens with two attached hydrogens (primary N) is 1. The molecule has 1 amide bonds. The quantitative estimate of drug-likeness (QED) is 0.902. The molecule has 116 valence electrons. The van der Waals surface area contributed by atoms with Crippen LogP contribution in [-0.4, -0.2) is 18.5 Å². The van der Waals surface area contributed by atoms with Gasteiger partial charge in [-0.25, -0.2) is 0 Å². The van der Waals surface area contributed by atoms with Gasteiger partial charge in [-0.2, -0.15) is 0 Å². The molecule has 2 atom stereocenters. The van der Waals surface area contributed by atoms with Crippen LogP contribution in [0.3, 0.4) is 0 Å². The molecule has 3 N–H and O–H groups in total. The molecule has 0 saturated heterocycles. The number of rotatable bonds is 3. The van der Waals surface area contributed by atoms with E-state index < -0.39 is 0 Å². The molecule has 2 aliphatic carbocycles.